The Balaban J connectivity index is 1.90. The van der Waals surface area contributed by atoms with Crippen LogP contribution in [-0.4, -0.2) is 35.2 Å². The van der Waals surface area contributed by atoms with E-state index in [2.05, 4.69) is 11.9 Å². The minimum absolute atomic E-state index is 0.218. The van der Waals surface area contributed by atoms with E-state index in [1.54, 1.807) is 24.3 Å². The van der Waals surface area contributed by atoms with Crippen molar-refractivity contribution in [2.24, 2.45) is 0 Å². The molecule has 0 aliphatic carbocycles. The summed E-state index contributed by atoms with van der Waals surface area (Å²) in [5, 5.41) is 3.30. The van der Waals surface area contributed by atoms with Crippen molar-refractivity contribution in [3.63, 3.8) is 0 Å². The van der Waals surface area contributed by atoms with E-state index in [-0.39, 0.29) is 4.90 Å². The summed E-state index contributed by atoms with van der Waals surface area (Å²) in [5.41, 5.74) is -0.526. The fourth-order valence-corrected chi connectivity index (χ4v) is 3.93. The van der Waals surface area contributed by atoms with Crippen molar-refractivity contribution in [1.29, 1.82) is 0 Å². The zero-order valence-electron chi connectivity index (χ0n) is 17.4. The number of alkyl halides is 3. The highest BCUT2D eigenvalue weighted by atomic mass is 32.2. The van der Waals surface area contributed by atoms with Crippen LogP contribution in [0.25, 0.3) is 0 Å². The maximum absolute atomic E-state index is 12.7. The van der Waals surface area contributed by atoms with Gasteiger partial charge in [-0.15, -0.1) is 6.58 Å². The van der Waals surface area contributed by atoms with Gasteiger partial charge in [-0.2, -0.15) is 13.2 Å². The summed E-state index contributed by atoms with van der Waals surface area (Å²) in [6.07, 6.45) is 0.137. The van der Waals surface area contributed by atoms with Crippen molar-refractivity contribution in [3.8, 4) is 5.75 Å². The number of anilines is 1. The third-order valence-electron chi connectivity index (χ3n) is 4.58. The van der Waals surface area contributed by atoms with Crippen LogP contribution in [0.15, 0.2) is 66.1 Å². The number of nitrogens with zero attached hydrogens (tertiary/aromatic N) is 1. The number of unbranched alkanes of at least 4 members (excludes halogenated alkanes) is 1. The van der Waals surface area contributed by atoms with Gasteiger partial charge in [0.2, 0.25) is 0 Å². The zero-order valence-corrected chi connectivity index (χ0v) is 18.2. The monoisotopic (exact) mass is 456 g/mol. The van der Waals surface area contributed by atoms with Gasteiger partial charge in [0.1, 0.15) is 5.75 Å². The third kappa shape index (κ3) is 7.29. The van der Waals surface area contributed by atoms with Crippen LogP contribution in [0.4, 0.5) is 18.9 Å². The molecule has 0 amide bonds. The summed E-state index contributed by atoms with van der Waals surface area (Å²) in [6.45, 7) is 6.03. The minimum Gasteiger partial charge on any atom is -0.494 e. The lowest BCUT2D eigenvalue weighted by Crippen LogP contribution is -2.26. The van der Waals surface area contributed by atoms with E-state index < -0.39 is 21.8 Å². The molecule has 0 saturated heterocycles. The molecule has 0 saturated carbocycles. The molecule has 1 N–H and O–H groups in total. The standard InChI is InChI=1S/C22H27F3N2O3S/c1-3-4-15-26-16-5-6-17-30-20-11-9-19(10-12-20)27(2)31(28,29)21-13-7-18(8-14-21)22(23,24)25/h3,7-14,26H,1,4-6,15-17H2,2H3. The fourth-order valence-electron chi connectivity index (χ4n) is 2.74. The number of halogens is 3. The Morgan fingerprint density at radius 2 is 1.68 bits per heavy atom. The van der Waals surface area contributed by atoms with E-state index in [1.807, 2.05) is 6.08 Å². The summed E-state index contributed by atoms with van der Waals surface area (Å²) in [7, 11) is -2.64. The molecular formula is C22H27F3N2O3S. The maximum Gasteiger partial charge on any atom is 0.416 e. The lowest BCUT2D eigenvalue weighted by Gasteiger charge is -2.20. The highest BCUT2D eigenvalue weighted by Gasteiger charge is 2.31. The van der Waals surface area contributed by atoms with Crippen LogP contribution >= 0.6 is 0 Å². The predicted molar refractivity (Wildman–Crippen MR) is 116 cm³/mol. The maximum atomic E-state index is 12.7. The van der Waals surface area contributed by atoms with E-state index in [0.717, 1.165) is 60.9 Å². The van der Waals surface area contributed by atoms with E-state index in [1.165, 1.54) is 7.05 Å². The molecule has 31 heavy (non-hydrogen) atoms. The second-order valence-electron chi connectivity index (χ2n) is 6.87. The number of nitrogens with one attached hydrogen (secondary N) is 1. The molecule has 2 aromatic rings. The van der Waals surface area contributed by atoms with Crippen LogP contribution in [0.3, 0.4) is 0 Å². The SMILES string of the molecule is C=CCCNCCCCOc1ccc(N(C)S(=O)(=O)c2ccc(C(F)(F)F)cc2)cc1. The van der Waals surface area contributed by atoms with Gasteiger partial charge in [-0.1, -0.05) is 6.08 Å². The quantitative estimate of drug-likeness (QED) is 0.366. The molecule has 2 aromatic carbocycles. The van der Waals surface area contributed by atoms with Crippen LogP contribution in [0, 0.1) is 0 Å². The Bertz CT molecular complexity index is 928. The summed E-state index contributed by atoms with van der Waals surface area (Å²) in [4.78, 5) is -0.218. The van der Waals surface area contributed by atoms with Crippen LogP contribution < -0.4 is 14.4 Å². The molecule has 0 radical (unpaired) electrons. The van der Waals surface area contributed by atoms with Gasteiger partial charge < -0.3 is 10.1 Å². The van der Waals surface area contributed by atoms with Gasteiger partial charge in [0.15, 0.2) is 0 Å². The molecule has 0 atom stereocenters. The average molecular weight is 457 g/mol. The van der Waals surface area contributed by atoms with Crippen molar-refractivity contribution >= 4 is 15.7 Å². The molecular weight excluding hydrogens is 429 g/mol. The van der Waals surface area contributed by atoms with Crippen molar-refractivity contribution < 1.29 is 26.3 Å². The van der Waals surface area contributed by atoms with Gasteiger partial charge in [-0.3, -0.25) is 4.31 Å². The first-order valence-electron chi connectivity index (χ1n) is 9.87. The Morgan fingerprint density at radius 3 is 2.26 bits per heavy atom. The lowest BCUT2D eigenvalue weighted by atomic mass is 10.2. The second-order valence-corrected chi connectivity index (χ2v) is 8.84. The zero-order chi connectivity index (χ0) is 22.9. The molecule has 170 valence electrons. The Kier molecular flexibility index (Phi) is 8.94. The Labute approximate surface area is 181 Å². The van der Waals surface area contributed by atoms with E-state index >= 15 is 0 Å². The number of sulfonamides is 1. The van der Waals surface area contributed by atoms with Gasteiger partial charge in [-0.25, -0.2) is 8.42 Å². The van der Waals surface area contributed by atoms with Crippen LogP contribution in [0.2, 0.25) is 0 Å². The molecule has 0 unspecified atom stereocenters. The Morgan fingerprint density at radius 1 is 1.03 bits per heavy atom. The lowest BCUT2D eigenvalue weighted by molar-refractivity contribution is -0.137. The molecule has 0 aliphatic heterocycles. The van der Waals surface area contributed by atoms with Gasteiger partial charge in [0, 0.05) is 7.05 Å². The third-order valence-corrected chi connectivity index (χ3v) is 6.38. The van der Waals surface area contributed by atoms with Crippen molar-refractivity contribution in [1.82, 2.24) is 5.32 Å². The molecule has 0 spiro atoms. The molecule has 0 aliphatic rings. The fraction of sp³-hybridized carbons (Fsp3) is 0.364. The van der Waals surface area contributed by atoms with E-state index in [9.17, 15) is 21.6 Å². The Hall–Kier alpha value is -2.52. The smallest absolute Gasteiger partial charge is 0.416 e. The van der Waals surface area contributed by atoms with Crippen molar-refractivity contribution in [3.05, 3.63) is 66.7 Å². The highest BCUT2D eigenvalue weighted by Crippen LogP contribution is 2.31. The number of hydrogen-bond acceptors (Lipinski definition) is 4. The first kappa shape index (κ1) is 24.7. The van der Waals surface area contributed by atoms with Crippen LogP contribution in [-0.2, 0) is 16.2 Å². The number of hydrogen-bond donors (Lipinski definition) is 1. The van der Waals surface area contributed by atoms with Crippen molar-refractivity contribution in [2.75, 3.05) is 31.0 Å². The van der Waals surface area contributed by atoms with E-state index in [4.69, 9.17) is 4.74 Å². The molecule has 5 nitrogen and oxygen atoms in total. The predicted octanol–water partition coefficient (Wildman–Crippen LogP) is 4.86. The molecule has 9 heteroatoms. The first-order valence-corrected chi connectivity index (χ1v) is 11.3. The molecule has 0 heterocycles. The van der Waals surface area contributed by atoms with Crippen molar-refractivity contribution in [2.45, 2.75) is 30.3 Å². The van der Waals surface area contributed by atoms with Gasteiger partial charge in [-0.05, 0) is 80.9 Å². The second kappa shape index (κ2) is 11.2. The molecule has 0 bridgehead atoms. The van der Waals surface area contributed by atoms with Gasteiger partial charge in [0.05, 0.1) is 22.8 Å². The van der Waals surface area contributed by atoms with E-state index in [0.29, 0.717) is 18.0 Å². The summed E-state index contributed by atoms with van der Waals surface area (Å²) in [5.74, 6) is 0.615. The number of benzene rings is 2. The average Bonchev–Trinajstić information content (AvgIpc) is 2.75. The number of ether oxygens (including phenoxy) is 1. The molecule has 2 rings (SSSR count). The van der Waals surface area contributed by atoms with Crippen LogP contribution in [0.1, 0.15) is 24.8 Å². The topological polar surface area (TPSA) is 58.6 Å². The normalized spacial score (nSPS) is 11.9. The molecule has 0 aromatic heterocycles. The van der Waals surface area contributed by atoms with Gasteiger partial charge in [0.25, 0.3) is 10.0 Å². The first-order chi connectivity index (χ1) is 14.7. The largest absolute Gasteiger partial charge is 0.494 e. The summed E-state index contributed by atoms with van der Waals surface area (Å²) >= 11 is 0. The van der Waals surface area contributed by atoms with Gasteiger partial charge >= 0.3 is 6.18 Å². The number of rotatable bonds is 12. The van der Waals surface area contributed by atoms with Crippen LogP contribution in [0.5, 0.6) is 5.75 Å². The summed E-state index contributed by atoms with van der Waals surface area (Å²) < 4.78 is 70.2. The summed E-state index contributed by atoms with van der Waals surface area (Å²) in [6, 6.07) is 9.94. The molecule has 0 fully saturated rings. The minimum atomic E-state index is -4.52. The highest BCUT2D eigenvalue weighted by molar-refractivity contribution is 7.92.